The van der Waals surface area contributed by atoms with E-state index < -0.39 is 0 Å². The molecule has 134 valence electrons. The smallest absolute Gasteiger partial charge is 0.257 e. The third-order valence-corrected chi connectivity index (χ3v) is 6.03. The van der Waals surface area contributed by atoms with Crippen molar-refractivity contribution in [1.29, 1.82) is 0 Å². The minimum atomic E-state index is -0.221. The van der Waals surface area contributed by atoms with Gasteiger partial charge in [-0.25, -0.2) is 4.98 Å². The lowest BCUT2D eigenvalue weighted by Crippen LogP contribution is -2.11. The number of amides is 1. The highest BCUT2D eigenvalue weighted by Gasteiger charge is 2.12. The molecule has 7 heteroatoms. The van der Waals surface area contributed by atoms with Gasteiger partial charge in [0.1, 0.15) is 11.5 Å². The highest BCUT2D eigenvalue weighted by atomic mass is 79.9. The van der Waals surface area contributed by atoms with Crippen LogP contribution in [0, 0.1) is 0 Å². The van der Waals surface area contributed by atoms with Crippen molar-refractivity contribution in [3.63, 3.8) is 0 Å². The van der Waals surface area contributed by atoms with Crippen LogP contribution in [0.5, 0.6) is 11.5 Å². The van der Waals surface area contributed by atoms with E-state index in [2.05, 4.69) is 26.2 Å². The molecule has 0 spiro atoms. The number of thiazole rings is 1. The quantitative estimate of drug-likeness (QED) is 0.364. The van der Waals surface area contributed by atoms with Gasteiger partial charge < -0.3 is 4.74 Å². The van der Waals surface area contributed by atoms with Crippen molar-refractivity contribution >= 4 is 49.6 Å². The van der Waals surface area contributed by atoms with Crippen molar-refractivity contribution in [3.05, 3.63) is 81.5 Å². The third kappa shape index (κ3) is 4.44. The molecule has 2 heterocycles. The molecule has 1 N–H and O–H groups in total. The largest absolute Gasteiger partial charge is 0.457 e. The topological polar surface area (TPSA) is 51.2 Å². The van der Waals surface area contributed by atoms with Gasteiger partial charge in [0.05, 0.1) is 14.4 Å². The van der Waals surface area contributed by atoms with Crippen LogP contribution in [-0.4, -0.2) is 10.9 Å². The lowest BCUT2D eigenvalue weighted by molar-refractivity contribution is 0.102. The highest BCUT2D eigenvalue weighted by Crippen LogP contribution is 2.33. The normalized spacial score (nSPS) is 10.6. The van der Waals surface area contributed by atoms with Gasteiger partial charge in [-0.2, -0.15) is 0 Å². The Morgan fingerprint density at radius 3 is 2.59 bits per heavy atom. The minimum Gasteiger partial charge on any atom is -0.457 e. The van der Waals surface area contributed by atoms with Crippen LogP contribution in [0.1, 0.15) is 10.4 Å². The summed E-state index contributed by atoms with van der Waals surface area (Å²) in [5.74, 6) is 1.11. The number of para-hydroxylation sites is 1. The Bertz CT molecular complexity index is 1080. The summed E-state index contributed by atoms with van der Waals surface area (Å²) in [5, 5.41) is 5.35. The molecule has 0 saturated carbocycles. The molecule has 0 fully saturated rings. The number of thiophene rings is 1. The highest BCUT2D eigenvalue weighted by molar-refractivity contribution is 9.11. The first-order valence-corrected chi connectivity index (χ1v) is 10.5. The number of nitrogens with zero attached hydrogens (tertiary/aromatic N) is 1. The van der Waals surface area contributed by atoms with E-state index in [-0.39, 0.29) is 5.91 Å². The molecule has 0 unspecified atom stereocenters. The lowest BCUT2D eigenvalue weighted by atomic mass is 10.2. The maximum absolute atomic E-state index is 12.6. The van der Waals surface area contributed by atoms with E-state index in [4.69, 9.17) is 4.74 Å². The van der Waals surface area contributed by atoms with Crippen LogP contribution in [0.3, 0.4) is 0 Å². The molecule has 0 bridgehead atoms. The molecule has 1 amide bonds. The van der Waals surface area contributed by atoms with E-state index in [9.17, 15) is 4.79 Å². The summed E-state index contributed by atoms with van der Waals surface area (Å²) < 4.78 is 6.84. The number of nitrogens with one attached hydrogen (secondary N) is 1. The van der Waals surface area contributed by atoms with Crippen LogP contribution in [-0.2, 0) is 0 Å². The van der Waals surface area contributed by atoms with E-state index in [0.29, 0.717) is 16.4 Å². The van der Waals surface area contributed by atoms with Crippen molar-refractivity contribution in [1.82, 2.24) is 4.98 Å². The summed E-state index contributed by atoms with van der Waals surface area (Å²) in [6.07, 6.45) is 0. The number of hydrogen-bond donors (Lipinski definition) is 1. The van der Waals surface area contributed by atoms with Gasteiger partial charge in [0.2, 0.25) is 0 Å². The van der Waals surface area contributed by atoms with Crippen molar-refractivity contribution in [2.24, 2.45) is 0 Å². The number of aromatic nitrogens is 1. The number of anilines is 1. The van der Waals surface area contributed by atoms with Gasteiger partial charge >= 0.3 is 0 Å². The number of hydrogen-bond acceptors (Lipinski definition) is 5. The van der Waals surface area contributed by atoms with Crippen molar-refractivity contribution in [3.8, 4) is 22.1 Å². The molecular formula is C20H13BrN2O2S2. The number of halogens is 1. The average molecular weight is 457 g/mol. The van der Waals surface area contributed by atoms with Gasteiger partial charge in [0.25, 0.3) is 5.91 Å². The first kappa shape index (κ1) is 17.9. The van der Waals surface area contributed by atoms with Crippen LogP contribution < -0.4 is 10.1 Å². The first-order chi connectivity index (χ1) is 13.2. The monoisotopic (exact) mass is 456 g/mol. The maximum Gasteiger partial charge on any atom is 0.257 e. The van der Waals surface area contributed by atoms with Gasteiger partial charge in [0, 0.05) is 10.9 Å². The van der Waals surface area contributed by atoms with Crippen molar-refractivity contribution in [2.75, 3.05) is 5.32 Å². The fourth-order valence-electron chi connectivity index (χ4n) is 2.39. The summed E-state index contributed by atoms with van der Waals surface area (Å²) in [5.41, 5.74) is 1.37. The molecule has 2 aromatic carbocycles. The summed E-state index contributed by atoms with van der Waals surface area (Å²) in [6, 6.07) is 20.5. The summed E-state index contributed by atoms with van der Waals surface area (Å²) in [6.45, 7) is 0. The molecule has 0 radical (unpaired) electrons. The Hall–Kier alpha value is -2.48. The number of ether oxygens (including phenoxy) is 1. The van der Waals surface area contributed by atoms with Crippen LogP contribution in [0.15, 0.2) is 75.9 Å². The molecule has 4 rings (SSSR count). The van der Waals surface area contributed by atoms with E-state index in [0.717, 1.165) is 20.1 Å². The molecule has 0 aliphatic rings. The molecule has 4 aromatic rings. The number of carbonyl (C=O) groups is 1. The number of rotatable bonds is 5. The zero-order valence-corrected chi connectivity index (χ0v) is 17.1. The predicted molar refractivity (Wildman–Crippen MR) is 114 cm³/mol. The minimum absolute atomic E-state index is 0.221. The van der Waals surface area contributed by atoms with E-state index in [1.165, 1.54) is 11.3 Å². The van der Waals surface area contributed by atoms with Gasteiger partial charge in [-0.05, 0) is 58.4 Å². The van der Waals surface area contributed by atoms with Crippen molar-refractivity contribution in [2.45, 2.75) is 0 Å². The van der Waals surface area contributed by atoms with E-state index in [1.807, 2.05) is 53.9 Å². The maximum atomic E-state index is 12.6. The average Bonchev–Trinajstić information content (AvgIpc) is 3.32. The summed E-state index contributed by atoms with van der Waals surface area (Å²) in [4.78, 5) is 18.1. The van der Waals surface area contributed by atoms with Crippen LogP contribution in [0.25, 0.3) is 10.6 Å². The third-order valence-electron chi connectivity index (χ3n) is 3.63. The summed E-state index contributed by atoms with van der Waals surface area (Å²) in [7, 11) is 0. The molecule has 0 aliphatic carbocycles. The zero-order chi connectivity index (χ0) is 18.6. The second-order valence-corrected chi connectivity index (χ2v) is 8.86. The van der Waals surface area contributed by atoms with Gasteiger partial charge in [-0.3, -0.25) is 10.1 Å². The standard InChI is InChI=1S/C20H13BrN2O2S2/c21-18-10-9-17(27-18)16-12-26-20(22-16)23-19(24)13-5-4-8-15(11-13)25-14-6-2-1-3-7-14/h1-12H,(H,22,23,24). The first-order valence-electron chi connectivity index (χ1n) is 8.03. The number of benzene rings is 2. The second-order valence-electron chi connectivity index (χ2n) is 5.54. The molecule has 0 aliphatic heterocycles. The molecule has 4 nitrogen and oxygen atoms in total. The SMILES string of the molecule is O=C(Nc1nc(-c2ccc(Br)s2)cs1)c1cccc(Oc2ccccc2)c1. The van der Waals surface area contributed by atoms with E-state index in [1.54, 1.807) is 29.5 Å². The molecule has 27 heavy (non-hydrogen) atoms. The zero-order valence-electron chi connectivity index (χ0n) is 13.9. The van der Waals surface area contributed by atoms with Gasteiger partial charge in [0.15, 0.2) is 5.13 Å². The van der Waals surface area contributed by atoms with Crippen molar-refractivity contribution < 1.29 is 9.53 Å². The Morgan fingerprint density at radius 1 is 1.00 bits per heavy atom. The number of carbonyl (C=O) groups excluding carboxylic acids is 1. The second kappa shape index (κ2) is 8.04. The molecule has 0 atom stereocenters. The Labute approximate surface area is 172 Å². The van der Waals surface area contributed by atoms with Gasteiger partial charge in [-0.1, -0.05) is 24.3 Å². The van der Waals surface area contributed by atoms with Gasteiger partial charge in [-0.15, -0.1) is 22.7 Å². The Kier molecular flexibility index (Phi) is 5.33. The van der Waals surface area contributed by atoms with E-state index >= 15 is 0 Å². The molecular weight excluding hydrogens is 444 g/mol. The lowest BCUT2D eigenvalue weighted by Gasteiger charge is -2.07. The fourth-order valence-corrected chi connectivity index (χ4v) is 4.52. The summed E-state index contributed by atoms with van der Waals surface area (Å²) >= 11 is 6.45. The molecule has 0 saturated heterocycles. The fraction of sp³-hybridized carbons (Fsp3) is 0. The Morgan fingerprint density at radius 2 is 1.81 bits per heavy atom. The Balaban J connectivity index is 1.47. The molecule has 2 aromatic heterocycles. The van der Waals surface area contributed by atoms with Crippen LogP contribution in [0.4, 0.5) is 5.13 Å². The predicted octanol–water partition coefficient (Wildman–Crippen LogP) is 6.68. The van der Waals surface area contributed by atoms with Crippen LogP contribution in [0.2, 0.25) is 0 Å². The van der Waals surface area contributed by atoms with Crippen LogP contribution >= 0.6 is 38.6 Å².